The lowest BCUT2D eigenvalue weighted by molar-refractivity contribution is 0.192. The fraction of sp³-hybridized carbons (Fsp3) is 0.692. The molecule has 1 unspecified atom stereocenters. The van der Waals surface area contributed by atoms with Gasteiger partial charge in [0, 0.05) is 24.6 Å². The van der Waals surface area contributed by atoms with Gasteiger partial charge in [-0.05, 0) is 49.6 Å². The lowest BCUT2D eigenvalue weighted by Gasteiger charge is -2.16. The number of methoxy groups -OCH3 is 1. The first-order valence-electron chi connectivity index (χ1n) is 6.17. The van der Waals surface area contributed by atoms with Crippen molar-refractivity contribution >= 4 is 11.3 Å². The smallest absolute Gasteiger partial charge is 0.0462 e. The Morgan fingerprint density at radius 3 is 3.00 bits per heavy atom. The highest BCUT2D eigenvalue weighted by Gasteiger charge is 2.32. The van der Waals surface area contributed by atoms with Gasteiger partial charge in [0.15, 0.2) is 0 Å². The van der Waals surface area contributed by atoms with Crippen LogP contribution in [-0.4, -0.2) is 20.3 Å². The van der Waals surface area contributed by atoms with Crippen molar-refractivity contribution in [1.29, 1.82) is 0 Å². The van der Waals surface area contributed by atoms with Crippen LogP contribution in [0.4, 0.5) is 0 Å². The molecule has 0 spiro atoms. The molecule has 1 aliphatic carbocycles. The highest BCUT2D eigenvalue weighted by molar-refractivity contribution is 7.10. The van der Waals surface area contributed by atoms with Crippen LogP contribution in [-0.2, 0) is 4.74 Å². The number of unbranched alkanes of at least 4 members (excludes halogenated alkanes) is 1. The minimum absolute atomic E-state index is 0.613. The van der Waals surface area contributed by atoms with E-state index >= 15 is 0 Å². The van der Waals surface area contributed by atoms with Crippen molar-refractivity contribution in [3.63, 3.8) is 0 Å². The van der Waals surface area contributed by atoms with Gasteiger partial charge in [-0.1, -0.05) is 6.07 Å². The summed E-state index contributed by atoms with van der Waals surface area (Å²) in [6, 6.07) is 5.03. The fourth-order valence-electron chi connectivity index (χ4n) is 2.03. The van der Waals surface area contributed by atoms with E-state index in [1.165, 1.54) is 24.1 Å². The summed E-state index contributed by atoms with van der Waals surface area (Å²) in [6.07, 6.45) is 5.16. The Balaban J connectivity index is 1.72. The van der Waals surface area contributed by atoms with E-state index in [1.807, 2.05) is 11.3 Å². The van der Waals surface area contributed by atoms with Crippen molar-refractivity contribution in [2.75, 3.05) is 20.3 Å². The molecule has 3 heteroatoms. The minimum atomic E-state index is 0.613. The van der Waals surface area contributed by atoms with Crippen LogP contribution in [0.25, 0.3) is 0 Å². The average Bonchev–Trinajstić information content (AvgIpc) is 2.98. The molecule has 0 aliphatic heterocycles. The molecule has 2 rings (SSSR count). The van der Waals surface area contributed by atoms with E-state index in [0.717, 1.165) is 25.5 Å². The molecule has 0 amide bonds. The second-order valence-electron chi connectivity index (χ2n) is 4.48. The molecule has 1 saturated carbocycles. The number of nitrogens with one attached hydrogen (secondary N) is 1. The van der Waals surface area contributed by atoms with Gasteiger partial charge in [-0.15, -0.1) is 11.3 Å². The summed E-state index contributed by atoms with van der Waals surface area (Å²) in [6.45, 7) is 2.00. The molecule has 16 heavy (non-hydrogen) atoms. The van der Waals surface area contributed by atoms with Crippen molar-refractivity contribution in [3.05, 3.63) is 22.4 Å². The molecule has 1 aromatic heterocycles. The van der Waals surface area contributed by atoms with E-state index < -0.39 is 0 Å². The van der Waals surface area contributed by atoms with Crippen LogP contribution in [0.1, 0.15) is 36.6 Å². The maximum atomic E-state index is 5.06. The van der Waals surface area contributed by atoms with Crippen molar-refractivity contribution < 1.29 is 4.74 Å². The van der Waals surface area contributed by atoms with Crippen molar-refractivity contribution in [2.45, 2.75) is 31.7 Å². The predicted octanol–water partition coefficient (Wildman–Crippen LogP) is 3.22. The van der Waals surface area contributed by atoms with E-state index in [2.05, 4.69) is 22.8 Å². The summed E-state index contributed by atoms with van der Waals surface area (Å²) in [5.74, 6) is 0.890. The Morgan fingerprint density at radius 1 is 1.50 bits per heavy atom. The van der Waals surface area contributed by atoms with Crippen LogP contribution in [0.5, 0.6) is 0 Å². The van der Waals surface area contributed by atoms with Crippen LogP contribution in [0.15, 0.2) is 17.5 Å². The van der Waals surface area contributed by atoms with Crippen molar-refractivity contribution in [1.82, 2.24) is 5.32 Å². The van der Waals surface area contributed by atoms with Crippen LogP contribution in [0.3, 0.4) is 0 Å². The second-order valence-corrected chi connectivity index (χ2v) is 5.46. The lowest BCUT2D eigenvalue weighted by Crippen LogP contribution is -2.23. The summed E-state index contributed by atoms with van der Waals surface area (Å²) in [7, 11) is 1.77. The molecule has 0 aromatic carbocycles. The second kappa shape index (κ2) is 6.38. The molecule has 1 N–H and O–H groups in total. The molecule has 1 aromatic rings. The van der Waals surface area contributed by atoms with Gasteiger partial charge < -0.3 is 10.1 Å². The van der Waals surface area contributed by atoms with E-state index in [4.69, 9.17) is 4.74 Å². The quantitative estimate of drug-likeness (QED) is 0.703. The Kier molecular flexibility index (Phi) is 4.82. The summed E-state index contributed by atoms with van der Waals surface area (Å²) < 4.78 is 5.06. The van der Waals surface area contributed by atoms with E-state index in [9.17, 15) is 0 Å². The summed E-state index contributed by atoms with van der Waals surface area (Å²) in [5, 5.41) is 5.88. The molecule has 2 nitrogen and oxygen atoms in total. The van der Waals surface area contributed by atoms with Gasteiger partial charge in [0.25, 0.3) is 0 Å². The van der Waals surface area contributed by atoms with Crippen LogP contribution < -0.4 is 5.32 Å². The van der Waals surface area contributed by atoms with Gasteiger partial charge in [0.1, 0.15) is 0 Å². The molecule has 90 valence electrons. The monoisotopic (exact) mass is 239 g/mol. The molecule has 0 radical (unpaired) electrons. The minimum Gasteiger partial charge on any atom is -0.385 e. The standard InChI is InChI=1S/C13H21NOS/c1-15-9-3-2-8-14-13(11-6-7-11)12-5-4-10-16-12/h4-5,10-11,13-14H,2-3,6-9H2,1H3. The van der Waals surface area contributed by atoms with Crippen LogP contribution in [0, 0.1) is 5.92 Å². The third-order valence-corrected chi connectivity index (χ3v) is 4.04. The van der Waals surface area contributed by atoms with Crippen LogP contribution >= 0.6 is 11.3 Å². The number of ether oxygens (including phenoxy) is 1. The first-order valence-corrected chi connectivity index (χ1v) is 7.05. The average molecular weight is 239 g/mol. The first-order chi connectivity index (χ1) is 7.92. The summed E-state index contributed by atoms with van der Waals surface area (Å²) in [5.41, 5.74) is 0. The molecule has 0 bridgehead atoms. The topological polar surface area (TPSA) is 21.3 Å². The van der Waals surface area contributed by atoms with E-state index in [0.29, 0.717) is 6.04 Å². The predicted molar refractivity (Wildman–Crippen MR) is 68.9 cm³/mol. The fourth-order valence-corrected chi connectivity index (χ4v) is 2.92. The Morgan fingerprint density at radius 2 is 2.38 bits per heavy atom. The molecular formula is C13H21NOS. The SMILES string of the molecule is COCCCCNC(c1cccs1)C1CC1. The van der Waals surface area contributed by atoms with Gasteiger partial charge in [0.05, 0.1) is 0 Å². The third kappa shape index (κ3) is 3.58. The molecule has 0 saturated heterocycles. The van der Waals surface area contributed by atoms with Gasteiger partial charge in [-0.25, -0.2) is 0 Å². The first kappa shape index (κ1) is 12.1. The maximum Gasteiger partial charge on any atom is 0.0462 e. The highest BCUT2D eigenvalue weighted by atomic mass is 32.1. The zero-order valence-corrected chi connectivity index (χ0v) is 10.8. The maximum absolute atomic E-state index is 5.06. The molecule has 1 aliphatic rings. The van der Waals surface area contributed by atoms with Crippen molar-refractivity contribution in [2.24, 2.45) is 5.92 Å². The number of hydrogen-bond donors (Lipinski definition) is 1. The molecule has 1 heterocycles. The van der Waals surface area contributed by atoms with E-state index in [-0.39, 0.29) is 0 Å². The van der Waals surface area contributed by atoms with Gasteiger partial charge in [0.2, 0.25) is 0 Å². The zero-order chi connectivity index (χ0) is 11.2. The Hall–Kier alpha value is -0.380. The van der Waals surface area contributed by atoms with Crippen molar-refractivity contribution in [3.8, 4) is 0 Å². The number of rotatable bonds is 8. The lowest BCUT2D eigenvalue weighted by atomic mass is 10.1. The third-order valence-electron chi connectivity index (χ3n) is 3.08. The molecule has 1 fully saturated rings. The summed E-state index contributed by atoms with van der Waals surface area (Å²) >= 11 is 1.88. The van der Waals surface area contributed by atoms with Crippen LogP contribution in [0.2, 0.25) is 0 Å². The molecular weight excluding hydrogens is 218 g/mol. The van der Waals surface area contributed by atoms with E-state index in [1.54, 1.807) is 7.11 Å². The number of thiophene rings is 1. The largest absolute Gasteiger partial charge is 0.385 e. The number of hydrogen-bond acceptors (Lipinski definition) is 3. The van der Waals surface area contributed by atoms with Gasteiger partial charge >= 0.3 is 0 Å². The van der Waals surface area contributed by atoms with Gasteiger partial charge in [-0.3, -0.25) is 0 Å². The Bertz CT molecular complexity index is 282. The normalized spacial score (nSPS) is 17.6. The Labute approximate surface area is 102 Å². The summed E-state index contributed by atoms with van der Waals surface area (Å²) in [4.78, 5) is 1.51. The van der Waals surface area contributed by atoms with Gasteiger partial charge in [-0.2, -0.15) is 0 Å². The highest BCUT2D eigenvalue weighted by Crippen LogP contribution is 2.42. The zero-order valence-electron chi connectivity index (χ0n) is 9.95. The molecule has 1 atom stereocenters.